The van der Waals surface area contributed by atoms with Crippen LogP contribution < -0.4 is 30.0 Å². The first-order chi connectivity index (χ1) is 15.1. The van der Waals surface area contributed by atoms with Crippen LogP contribution in [0.3, 0.4) is 0 Å². The Kier molecular flexibility index (Phi) is 9.28. The van der Waals surface area contributed by atoms with Gasteiger partial charge in [0, 0.05) is 11.1 Å². The quantitative estimate of drug-likeness (QED) is 0.249. The standard InChI is InChI=1S/C19H21Si.C10H12OSi.2ClH.Zr/c1-14-12-16-6-5-7-18(19(16)13-14)15-8-10-17(11-9-15)20(2,3)4;1-6-9-7-4-5-11-8(7)10(6)12(9,2)3;;;/h5-13H,1-4H3;4-5,10H,1-3H3;2*1H;/q-1;;;;+3/p-2. The molecule has 0 fully saturated rings. The Labute approximate surface area is 243 Å². The van der Waals surface area contributed by atoms with E-state index >= 15 is 0 Å². The largest absolute Gasteiger partial charge is 3.00 e. The summed E-state index contributed by atoms with van der Waals surface area (Å²) in [6.07, 6.45) is 1.83. The number of benzene rings is 2. The average molecular weight is 616 g/mol. The van der Waals surface area contributed by atoms with Gasteiger partial charge in [0.25, 0.3) is 0 Å². The van der Waals surface area contributed by atoms with Gasteiger partial charge in [0.2, 0.25) is 0 Å². The fourth-order valence-corrected chi connectivity index (χ4v) is 11.3. The molecule has 4 aromatic rings. The first-order valence-corrected chi connectivity index (χ1v) is 18.2. The number of aryl methyl sites for hydroxylation is 1. The number of allylic oxidation sites excluding steroid dienone is 1. The Morgan fingerprint density at radius 1 is 0.886 bits per heavy atom. The van der Waals surface area contributed by atoms with Crippen LogP contribution in [0.15, 0.2) is 76.9 Å². The molecule has 2 aliphatic heterocycles. The normalized spacial score (nSPS) is 16.7. The third-order valence-electron chi connectivity index (χ3n) is 7.38. The fourth-order valence-electron chi connectivity index (χ4n) is 5.88. The molecule has 181 valence electrons. The van der Waals surface area contributed by atoms with Crippen LogP contribution >= 0.6 is 0 Å². The Morgan fingerprint density at radius 3 is 2.11 bits per heavy atom. The Hall–Kier alpha value is -1.03. The van der Waals surface area contributed by atoms with E-state index in [1.165, 1.54) is 44.0 Å². The maximum atomic E-state index is 5.53. The first-order valence-electron chi connectivity index (χ1n) is 11.6. The molecule has 2 bridgehead atoms. The van der Waals surface area contributed by atoms with Crippen LogP contribution in [0.2, 0.25) is 32.7 Å². The summed E-state index contributed by atoms with van der Waals surface area (Å²) in [6, 6.07) is 22.5. The maximum absolute atomic E-state index is 5.53. The molecule has 3 aliphatic rings. The van der Waals surface area contributed by atoms with Gasteiger partial charge in [-0.15, -0.1) is 34.5 Å². The number of rotatable bonds is 2. The van der Waals surface area contributed by atoms with E-state index in [1.807, 2.05) is 6.26 Å². The van der Waals surface area contributed by atoms with E-state index in [2.05, 4.69) is 107 Å². The Morgan fingerprint density at radius 2 is 1.54 bits per heavy atom. The predicted octanol–water partition coefficient (Wildman–Crippen LogP) is 2.04. The number of halogens is 2. The summed E-state index contributed by atoms with van der Waals surface area (Å²) in [4.78, 5) is 0. The smallest absolute Gasteiger partial charge is 1.00 e. The van der Waals surface area contributed by atoms with E-state index in [0.717, 1.165) is 0 Å². The molecule has 7 rings (SSSR count). The molecule has 1 aliphatic carbocycles. The third kappa shape index (κ3) is 5.07. The number of furan rings is 1. The summed E-state index contributed by atoms with van der Waals surface area (Å²) < 4.78 is 5.53. The second-order valence-corrected chi connectivity index (χ2v) is 20.7. The second kappa shape index (κ2) is 10.8. The van der Waals surface area contributed by atoms with Gasteiger partial charge in [0.1, 0.15) is 5.76 Å². The molecule has 6 heteroatoms. The van der Waals surface area contributed by atoms with Crippen molar-refractivity contribution < 1.29 is 55.4 Å². The van der Waals surface area contributed by atoms with Crippen molar-refractivity contribution in [3.63, 3.8) is 0 Å². The molecule has 0 saturated heterocycles. The van der Waals surface area contributed by atoms with E-state index in [-0.39, 0.29) is 51.0 Å². The SMILES string of the molecule is CC1=C2c3ccoc3C1[Si]2(C)C.Cc1cc2c(-c3ccc([Si](C)(C)C)cc3)cccc2[cH-]1.[Cl-].[Cl-].[Zr+3]. The molecule has 0 amide bonds. The first kappa shape index (κ1) is 30.2. The van der Waals surface area contributed by atoms with Gasteiger partial charge < -0.3 is 29.2 Å². The van der Waals surface area contributed by atoms with Gasteiger partial charge in [0.05, 0.1) is 22.4 Å². The van der Waals surface area contributed by atoms with Crippen molar-refractivity contribution in [1.82, 2.24) is 0 Å². The summed E-state index contributed by atoms with van der Waals surface area (Å²) >= 11 is 0. The summed E-state index contributed by atoms with van der Waals surface area (Å²) in [5.41, 5.74) is 7.72. The predicted molar refractivity (Wildman–Crippen MR) is 144 cm³/mol. The van der Waals surface area contributed by atoms with Gasteiger partial charge in [-0.25, -0.2) is 0 Å². The molecule has 35 heavy (non-hydrogen) atoms. The molecule has 3 aromatic carbocycles. The van der Waals surface area contributed by atoms with Gasteiger partial charge in [0.15, 0.2) is 0 Å². The number of fused-ring (bicyclic) bond motifs is 1. The van der Waals surface area contributed by atoms with E-state index in [1.54, 1.807) is 10.8 Å². The zero-order chi connectivity index (χ0) is 22.8. The van der Waals surface area contributed by atoms with Gasteiger partial charge in [-0.2, -0.15) is 6.07 Å². The molecule has 0 saturated carbocycles. The minimum absolute atomic E-state index is 0. The molecule has 3 heterocycles. The van der Waals surface area contributed by atoms with Crippen molar-refractivity contribution in [1.29, 1.82) is 0 Å². The molecule has 0 spiro atoms. The summed E-state index contributed by atoms with van der Waals surface area (Å²) in [6.45, 7) is 16.5. The van der Waals surface area contributed by atoms with Crippen molar-refractivity contribution in [2.24, 2.45) is 0 Å². The van der Waals surface area contributed by atoms with Crippen molar-refractivity contribution in [3.8, 4) is 11.1 Å². The zero-order valence-corrected chi connectivity index (χ0v) is 27.6. The summed E-state index contributed by atoms with van der Waals surface area (Å²) in [5, 5.41) is 5.89. The van der Waals surface area contributed by atoms with Crippen molar-refractivity contribution in [3.05, 3.63) is 89.4 Å². The maximum Gasteiger partial charge on any atom is 3.00 e. The fraction of sp³-hybridized carbons (Fsp3) is 0.276. The van der Waals surface area contributed by atoms with Crippen LogP contribution in [0.5, 0.6) is 0 Å². The van der Waals surface area contributed by atoms with E-state index < -0.39 is 16.1 Å². The third-order valence-corrected chi connectivity index (χ3v) is 13.5. The van der Waals surface area contributed by atoms with E-state index in [4.69, 9.17) is 4.42 Å². The molecule has 1 nitrogen and oxygen atoms in total. The van der Waals surface area contributed by atoms with E-state index in [0.29, 0.717) is 5.54 Å². The number of hydrogen-bond acceptors (Lipinski definition) is 1. The summed E-state index contributed by atoms with van der Waals surface area (Å²) in [7, 11) is -2.28. The molecule has 1 radical (unpaired) electrons. The average Bonchev–Trinajstić information content (AvgIpc) is 3.43. The molecule has 1 unspecified atom stereocenters. The topological polar surface area (TPSA) is 13.1 Å². The van der Waals surface area contributed by atoms with Crippen molar-refractivity contribution in [2.75, 3.05) is 0 Å². The van der Waals surface area contributed by atoms with Crippen LogP contribution in [0, 0.1) is 6.92 Å². The van der Waals surface area contributed by atoms with Crippen LogP contribution in [0.25, 0.3) is 27.1 Å². The minimum Gasteiger partial charge on any atom is -1.00 e. The monoisotopic (exact) mass is 613 g/mol. The zero-order valence-electron chi connectivity index (χ0n) is 21.6. The van der Waals surface area contributed by atoms with Crippen LogP contribution in [-0.4, -0.2) is 16.1 Å². The Balaban J connectivity index is 0.000000249. The molecule has 0 N–H and O–H groups in total. The Bertz CT molecular complexity index is 1360. The molecule has 1 aromatic heterocycles. The molecular weight excluding hydrogens is 583 g/mol. The van der Waals surface area contributed by atoms with Crippen LogP contribution in [0.1, 0.15) is 29.4 Å². The van der Waals surface area contributed by atoms with Gasteiger partial charge >= 0.3 is 26.2 Å². The molecular formula is C29H33Cl2OSi2Zr. The van der Waals surface area contributed by atoms with Crippen molar-refractivity contribution >= 4 is 37.3 Å². The number of hydrogen-bond donors (Lipinski definition) is 0. The van der Waals surface area contributed by atoms with Crippen LogP contribution in [-0.2, 0) is 26.2 Å². The minimum atomic E-state index is -1.21. The van der Waals surface area contributed by atoms with E-state index in [9.17, 15) is 0 Å². The summed E-state index contributed by atoms with van der Waals surface area (Å²) in [5.74, 6) is 1.26. The molecule has 1 atom stereocenters. The van der Waals surface area contributed by atoms with Gasteiger partial charge in [-0.1, -0.05) is 86.3 Å². The van der Waals surface area contributed by atoms with Gasteiger partial charge in [-0.05, 0) is 23.7 Å². The van der Waals surface area contributed by atoms with Crippen molar-refractivity contribution in [2.45, 2.75) is 52.1 Å². The van der Waals surface area contributed by atoms with Gasteiger partial charge in [-0.3, -0.25) is 0 Å². The second-order valence-electron chi connectivity index (χ2n) is 11.1. The van der Waals surface area contributed by atoms with Crippen LogP contribution in [0.4, 0.5) is 0 Å².